The van der Waals surface area contributed by atoms with E-state index in [0.717, 1.165) is 16.7 Å². The Morgan fingerprint density at radius 2 is 1.79 bits per heavy atom. The first-order chi connectivity index (χ1) is 16.4. The lowest BCUT2D eigenvalue weighted by molar-refractivity contribution is 0.0714. The highest BCUT2D eigenvalue weighted by molar-refractivity contribution is 5.99. The summed E-state index contributed by atoms with van der Waals surface area (Å²) in [4.78, 5) is 29.1. The topological polar surface area (TPSA) is 80.0 Å². The standard InChI is InChI=1S/C28H25NO5/c1-4-33-22-14-19(10-11-21(22)30)24-23-25(31)20-13-16(2)12-17(3)26(20)34-27(23)28(32)29(24)15-18-8-6-5-7-9-18/h5-14,24,30H,4,15H2,1-3H3/t24-/m1/s1. The van der Waals surface area contributed by atoms with E-state index < -0.39 is 6.04 Å². The highest BCUT2D eigenvalue weighted by Gasteiger charge is 2.43. The minimum absolute atomic E-state index is 0.00144. The van der Waals surface area contributed by atoms with Gasteiger partial charge in [0.15, 0.2) is 16.9 Å². The molecule has 6 nitrogen and oxygen atoms in total. The van der Waals surface area contributed by atoms with Crippen molar-refractivity contribution < 1.29 is 19.1 Å². The number of phenolic OH excluding ortho intramolecular Hbond substituents is 1. The first-order valence-corrected chi connectivity index (χ1v) is 11.3. The van der Waals surface area contributed by atoms with Crippen LogP contribution in [0.5, 0.6) is 11.5 Å². The molecule has 0 radical (unpaired) electrons. The van der Waals surface area contributed by atoms with E-state index in [4.69, 9.17) is 9.15 Å². The van der Waals surface area contributed by atoms with Gasteiger partial charge in [0.2, 0.25) is 5.76 Å². The van der Waals surface area contributed by atoms with Crippen LogP contribution in [0.1, 0.15) is 51.3 Å². The van der Waals surface area contributed by atoms with E-state index in [1.807, 2.05) is 57.2 Å². The zero-order valence-electron chi connectivity index (χ0n) is 19.3. The average molecular weight is 456 g/mol. The van der Waals surface area contributed by atoms with Crippen LogP contribution in [-0.4, -0.2) is 22.5 Å². The summed E-state index contributed by atoms with van der Waals surface area (Å²) in [5, 5.41) is 10.7. The molecule has 34 heavy (non-hydrogen) atoms. The molecule has 0 saturated heterocycles. The normalized spacial score (nSPS) is 15.1. The molecule has 6 heteroatoms. The SMILES string of the molecule is CCOc1cc([C@@H]2c3c(oc4c(C)cc(C)cc4c3=O)C(=O)N2Cc2ccccc2)ccc1O. The first kappa shape index (κ1) is 21.8. The fourth-order valence-electron chi connectivity index (χ4n) is 4.74. The van der Waals surface area contributed by atoms with Gasteiger partial charge in [0.25, 0.3) is 5.91 Å². The van der Waals surface area contributed by atoms with Crippen molar-refractivity contribution in [2.75, 3.05) is 6.61 Å². The number of phenols is 1. The second-order valence-electron chi connectivity index (χ2n) is 8.61. The minimum Gasteiger partial charge on any atom is -0.504 e. The van der Waals surface area contributed by atoms with E-state index in [-0.39, 0.29) is 22.8 Å². The van der Waals surface area contributed by atoms with E-state index in [2.05, 4.69) is 0 Å². The number of hydrogen-bond acceptors (Lipinski definition) is 5. The molecule has 1 N–H and O–H groups in total. The number of rotatable bonds is 5. The van der Waals surface area contributed by atoms with Gasteiger partial charge in [0.05, 0.1) is 23.6 Å². The molecule has 3 aromatic carbocycles. The Labute approximate surface area is 197 Å². The van der Waals surface area contributed by atoms with Gasteiger partial charge >= 0.3 is 0 Å². The first-order valence-electron chi connectivity index (χ1n) is 11.3. The number of amides is 1. The molecule has 1 aromatic heterocycles. The van der Waals surface area contributed by atoms with Crippen molar-refractivity contribution in [3.8, 4) is 11.5 Å². The molecule has 0 aliphatic carbocycles. The molecule has 1 aliphatic heterocycles. The second kappa shape index (κ2) is 8.37. The molecule has 1 atom stereocenters. The van der Waals surface area contributed by atoms with Crippen LogP contribution in [0.2, 0.25) is 0 Å². The van der Waals surface area contributed by atoms with Crippen LogP contribution in [0.25, 0.3) is 11.0 Å². The Bertz CT molecular complexity index is 1470. The highest BCUT2D eigenvalue weighted by atomic mass is 16.5. The summed E-state index contributed by atoms with van der Waals surface area (Å²) >= 11 is 0. The molecule has 5 rings (SSSR count). The number of aromatic hydroxyl groups is 1. The number of fused-ring (bicyclic) bond motifs is 2. The Kier molecular flexibility index (Phi) is 5.36. The van der Waals surface area contributed by atoms with Gasteiger partial charge < -0.3 is 19.2 Å². The lowest BCUT2D eigenvalue weighted by Crippen LogP contribution is -2.29. The monoisotopic (exact) mass is 455 g/mol. The van der Waals surface area contributed by atoms with Gasteiger partial charge in [-0.05, 0) is 61.2 Å². The van der Waals surface area contributed by atoms with E-state index in [0.29, 0.717) is 41.0 Å². The summed E-state index contributed by atoms with van der Waals surface area (Å²) in [5.74, 6) is 0.0317. The van der Waals surface area contributed by atoms with Gasteiger partial charge in [-0.25, -0.2) is 0 Å². The third-order valence-corrected chi connectivity index (χ3v) is 6.19. The quantitative estimate of drug-likeness (QED) is 0.444. The highest BCUT2D eigenvalue weighted by Crippen LogP contribution is 2.41. The van der Waals surface area contributed by atoms with Gasteiger partial charge in [-0.1, -0.05) is 42.5 Å². The predicted molar refractivity (Wildman–Crippen MR) is 129 cm³/mol. The zero-order chi connectivity index (χ0) is 24.0. The third kappa shape index (κ3) is 3.52. The molecule has 1 amide bonds. The van der Waals surface area contributed by atoms with Crippen LogP contribution in [0, 0.1) is 13.8 Å². The van der Waals surface area contributed by atoms with E-state index in [9.17, 15) is 14.7 Å². The summed E-state index contributed by atoms with van der Waals surface area (Å²) in [7, 11) is 0. The Morgan fingerprint density at radius 3 is 2.53 bits per heavy atom. The smallest absolute Gasteiger partial charge is 0.291 e. The van der Waals surface area contributed by atoms with Crippen molar-refractivity contribution in [1.29, 1.82) is 0 Å². The number of carbonyl (C=O) groups excluding carboxylic acids is 1. The van der Waals surface area contributed by atoms with Crippen LogP contribution < -0.4 is 10.2 Å². The van der Waals surface area contributed by atoms with Crippen molar-refractivity contribution in [1.82, 2.24) is 4.90 Å². The van der Waals surface area contributed by atoms with Crippen LogP contribution in [-0.2, 0) is 6.54 Å². The number of hydrogen-bond donors (Lipinski definition) is 1. The fraction of sp³-hybridized carbons (Fsp3) is 0.214. The van der Waals surface area contributed by atoms with E-state index >= 15 is 0 Å². The van der Waals surface area contributed by atoms with Gasteiger partial charge in [-0.2, -0.15) is 0 Å². The van der Waals surface area contributed by atoms with Crippen molar-refractivity contribution in [3.63, 3.8) is 0 Å². The maximum Gasteiger partial charge on any atom is 0.291 e. The van der Waals surface area contributed by atoms with E-state index in [1.165, 1.54) is 6.07 Å². The summed E-state index contributed by atoms with van der Waals surface area (Å²) in [6.07, 6.45) is 0. The average Bonchev–Trinajstić information content (AvgIpc) is 3.09. The van der Waals surface area contributed by atoms with Gasteiger partial charge in [-0.3, -0.25) is 9.59 Å². The van der Waals surface area contributed by atoms with Crippen LogP contribution >= 0.6 is 0 Å². The fourth-order valence-corrected chi connectivity index (χ4v) is 4.74. The Morgan fingerprint density at radius 1 is 1.03 bits per heavy atom. The number of benzene rings is 3. The molecular weight excluding hydrogens is 430 g/mol. The van der Waals surface area contributed by atoms with Crippen molar-refractivity contribution in [3.05, 3.63) is 104 Å². The number of carbonyl (C=O) groups is 1. The molecule has 0 bridgehead atoms. The summed E-state index contributed by atoms with van der Waals surface area (Å²) in [6.45, 7) is 6.30. The predicted octanol–water partition coefficient (Wildman–Crippen LogP) is 5.26. The maximum atomic E-state index is 13.8. The van der Waals surface area contributed by atoms with Crippen LogP contribution in [0.15, 0.2) is 69.9 Å². The molecule has 4 aromatic rings. The summed E-state index contributed by atoms with van der Waals surface area (Å²) < 4.78 is 11.7. The molecule has 0 fully saturated rings. The van der Waals surface area contributed by atoms with Crippen molar-refractivity contribution >= 4 is 16.9 Å². The molecule has 172 valence electrons. The van der Waals surface area contributed by atoms with Crippen LogP contribution in [0.4, 0.5) is 0 Å². The molecular formula is C28H25NO5. The molecule has 0 spiro atoms. The number of aryl methyl sites for hydroxylation is 2. The summed E-state index contributed by atoms with van der Waals surface area (Å²) in [5.41, 5.74) is 3.88. The maximum absolute atomic E-state index is 13.8. The summed E-state index contributed by atoms with van der Waals surface area (Å²) in [6, 6.07) is 17.6. The van der Waals surface area contributed by atoms with Crippen LogP contribution in [0.3, 0.4) is 0 Å². The lowest BCUT2D eigenvalue weighted by Gasteiger charge is -2.25. The number of ether oxygens (including phenoxy) is 1. The largest absolute Gasteiger partial charge is 0.504 e. The number of nitrogens with zero attached hydrogens (tertiary/aromatic N) is 1. The lowest BCUT2D eigenvalue weighted by atomic mass is 9.97. The van der Waals surface area contributed by atoms with E-state index in [1.54, 1.807) is 23.1 Å². The zero-order valence-corrected chi connectivity index (χ0v) is 19.3. The van der Waals surface area contributed by atoms with Gasteiger partial charge in [0, 0.05) is 6.54 Å². The minimum atomic E-state index is -0.677. The van der Waals surface area contributed by atoms with Gasteiger partial charge in [-0.15, -0.1) is 0 Å². The molecule has 0 unspecified atom stereocenters. The Balaban J connectivity index is 1.76. The molecule has 2 heterocycles. The second-order valence-corrected chi connectivity index (χ2v) is 8.61. The molecule has 0 saturated carbocycles. The van der Waals surface area contributed by atoms with Gasteiger partial charge in [0.1, 0.15) is 5.58 Å². The Hall–Kier alpha value is -4.06. The third-order valence-electron chi connectivity index (χ3n) is 6.19. The molecule has 1 aliphatic rings. The van der Waals surface area contributed by atoms with Crippen molar-refractivity contribution in [2.24, 2.45) is 0 Å². The van der Waals surface area contributed by atoms with Crippen molar-refractivity contribution in [2.45, 2.75) is 33.4 Å².